The van der Waals surface area contributed by atoms with Gasteiger partial charge in [0.15, 0.2) is 0 Å². The van der Waals surface area contributed by atoms with Crippen molar-refractivity contribution in [2.24, 2.45) is 11.1 Å². The molecule has 0 unspecified atom stereocenters. The Labute approximate surface area is 115 Å². The Kier molecular flexibility index (Phi) is 5.80. The third-order valence-corrected chi connectivity index (χ3v) is 2.92. The van der Waals surface area contributed by atoms with Crippen molar-refractivity contribution in [2.75, 3.05) is 6.61 Å². The Hall–Kier alpha value is -0.850. The number of nitrogens with two attached hydrogens (primary N) is 1. The third-order valence-electron chi connectivity index (χ3n) is 2.92. The molecular formula is C12H16ClF4NO. The molecule has 0 aromatic heterocycles. The summed E-state index contributed by atoms with van der Waals surface area (Å²) in [4.78, 5) is 0. The SMILES string of the molecule is CC(C)(CO)[C@@H](N)c1c(F)cccc1C(F)(F)F.Cl. The lowest BCUT2D eigenvalue weighted by Crippen LogP contribution is -2.34. The minimum absolute atomic E-state index is 0. The molecule has 0 aliphatic rings. The van der Waals surface area contributed by atoms with Crippen LogP contribution in [0.5, 0.6) is 0 Å². The molecule has 3 N–H and O–H groups in total. The second-order valence-electron chi connectivity index (χ2n) is 4.82. The largest absolute Gasteiger partial charge is 0.416 e. The summed E-state index contributed by atoms with van der Waals surface area (Å²) in [7, 11) is 0. The zero-order chi connectivity index (χ0) is 14.1. The zero-order valence-electron chi connectivity index (χ0n) is 10.5. The molecule has 0 amide bonds. The number of aliphatic hydroxyl groups is 1. The van der Waals surface area contributed by atoms with Crippen LogP contribution in [-0.2, 0) is 6.18 Å². The summed E-state index contributed by atoms with van der Waals surface area (Å²) < 4.78 is 52.0. The first-order valence-electron chi connectivity index (χ1n) is 5.33. The normalized spacial score (nSPS) is 13.9. The maximum Gasteiger partial charge on any atom is 0.416 e. The van der Waals surface area contributed by atoms with Gasteiger partial charge >= 0.3 is 6.18 Å². The fraction of sp³-hybridized carbons (Fsp3) is 0.500. The van der Waals surface area contributed by atoms with Gasteiger partial charge in [-0.3, -0.25) is 0 Å². The van der Waals surface area contributed by atoms with Crippen molar-refractivity contribution in [3.8, 4) is 0 Å². The minimum Gasteiger partial charge on any atom is -0.396 e. The van der Waals surface area contributed by atoms with Crippen LogP contribution >= 0.6 is 12.4 Å². The molecule has 1 rings (SSSR count). The van der Waals surface area contributed by atoms with Crippen LogP contribution in [0.4, 0.5) is 17.6 Å². The monoisotopic (exact) mass is 301 g/mol. The van der Waals surface area contributed by atoms with E-state index in [2.05, 4.69) is 0 Å². The molecule has 0 saturated carbocycles. The van der Waals surface area contributed by atoms with Crippen molar-refractivity contribution in [2.45, 2.75) is 26.1 Å². The first-order chi connectivity index (χ1) is 8.11. The number of hydrogen-bond donors (Lipinski definition) is 2. The van der Waals surface area contributed by atoms with Crippen molar-refractivity contribution in [1.82, 2.24) is 0 Å². The van der Waals surface area contributed by atoms with Crippen LogP contribution in [0.2, 0.25) is 0 Å². The van der Waals surface area contributed by atoms with Gasteiger partial charge in [0.1, 0.15) is 5.82 Å². The predicted molar refractivity (Wildman–Crippen MR) is 66.4 cm³/mol. The number of benzene rings is 1. The van der Waals surface area contributed by atoms with Gasteiger partial charge in [0.2, 0.25) is 0 Å². The molecule has 1 aromatic carbocycles. The molecule has 0 aliphatic heterocycles. The third kappa shape index (κ3) is 3.81. The molecule has 19 heavy (non-hydrogen) atoms. The second kappa shape index (κ2) is 6.07. The standard InChI is InChI=1S/C12H15F4NO.ClH/c1-11(2,6-18)10(17)9-7(12(14,15)16)4-3-5-8(9)13;/h3-5,10,18H,6,17H2,1-2H3;1H/t10-;/m0./s1. The quantitative estimate of drug-likeness (QED) is 0.842. The Balaban J connectivity index is 0.00000324. The van der Waals surface area contributed by atoms with Crippen LogP contribution in [0.15, 0.2) is 18.2 Å². The van der Waals surface area contributed by atoms with Gasteiger partial charge in [-0.15, -0.1) is 12.4 Å². The number of aliphatic hydroxyl groups excluding tert-OH is 1. The lowest BCUT2D eigenvalue weighted by Gasteiger charge is -2.31. The molecule has 0 aliphatic carbocycles. The molecule has 0 spiro atoms. The van der Waals surface area contributed by atoms with Gasteiger partial charge in [-0.2, -0.15) is 13.2 Å². The maximum absolute atomic E-state index is 13.6. The molecule has 0 fully saturated rings. The lowest BCUT2D eigenvalue weighted by molar-refractivity contribution is -0.139. The minimum atomic E-state index is -4.68. The Morgan fingerprint density at radius 1 is 1.26 bits per heavy atom. The molecule has 0 bridgehead atoms. The lowest BCUT2D eigenvalue weighted by atomic mass is 9.80. The average molecular weight is 302 g/mol. The van der Waals surface area contributed by atoms with Crippen LogP contribution in [-0.4, -0.2) is 11.7 Å². The Bertz CT molecular complexity index is 434. The first kappa shape index (κ1) is 18.1. The topological polar surface area (TPSA) is 46.2 Å². The number of hydrogen-bond acceptors (Lipinski definition) is 2. The van der Waals surface area contributed by atoms with E-state index in [-0.39, 0.29) is 12.4 Å². The smallest absolute Gasteiger partial charge is 0.396 e. The molecule has 0 radical (unpaired) electrons. The highest BCUT2D eigenvalue weighted by Crippen LogP contribution is 2.40. The average Bonchev–Trinajstić information content (AvgIpc) is 2.26. The Morgan fingerprint density at radius 3 is 2.21 bits per heavy atom. The molecule has 0 heterocycles. The summed E-state index contributed by atoms with van der Waals surface area (Å²) in [5.74, 6) is -1.01. The van der Waals surface area contributed by atoms with E-state index in [0.29, 0.717) is 0 Å². The van der Waals surface area contributed by atoms with E-state index in [4.69, 9.17) is 10.8 Å². The fourth-order valence-electron chi connectivity index (χ4n) is 1.59. The van der Waals surface area contributed by atoms with Gasteiger partial charge in [-0.25, -0.2) is 4.39 Å². The van der Waals surface area contributed by atoms with Crippen molar-refractivity contribution in [3.05, 3.63) is 35.1 Å². The van der Waals surface area contributed by atoms with Crippen molar-refractivity contribution < 1.29 is 22.7 Å². The fourth-order valence-corrected chi connectivity index (χ4v) is 1.59. The van der Waals surface area contributed by atoms with Crippen LogP contribution in [0, 0.1) is 11.2 Å². The maximum atomic E-state index is 13.6. The van der Waals surface area contributed by atoms with E-state index in [9.17, 15) is 17.6 Å². The van der Waals surface area contributed by atoms with Crippen molar-refractivity contribution >= 4 is 12.4 Å². The summed E-state index contributed by atoms with van der Waals surface area (Å²) in [6.45, 7) is 2.51. The second-order valence-corrected chi connectivity index (χ2v) is 4.82. The molecule has 1 atom stereocenters. The highest BCUT2D eigenvalue weighted by atomic mass is 35.5. The van der Waals surface area contributed by atoms with E-state index >= 15 is 0 Å². The highest BCUT2D eigenvalue weighted by Gasteiger charge is 2.39. The predicted octanol–water partition coefficient (Wildman–Crippen LogP) is 3.28. The number of rotatable bonds is 3. The Morgan fingerprint density at radius 2 is 1.79 bits per heavy atom. The molecule has 110 valence electrons. The zero-order valence-corrected chi connectivity index (χ0v) is 11.3. The van der Waals surface area contributed by atoms with Gasteiger partial charge in [-0.1, -0.05) is 19.9 Å². The molecule has 7 heteroatoms. The molecule has 0 saturated heterocycles. The van der Waals surface area contributed by atoms with E-state index in [0.717, 1.165) is 18.2 Å². The summed E-state index contributed by atoms with van der Waals surface area (Å²) in [6, 6.07) is 1.45. The highest BCUT2D eigenvalue weighted by molar-refractivity contribution is 5.85. The van der Waals surface area contributed by atoms with E-state index < -0.39 is 41.2 Å². The van der Waals surface area contributed by atoms with Crippen molar-refractivity contribution in [1.29, 1.82) is 0 Å². The molecule has 1 aromatic rings. The molecule has 2 nitrogen and oxygen atoms in total. The van der Waals surface area contributed by atoms with Gasteiger partial charge < -0.3 is 10.8 Å². The number of alkyl halides is 3. The first-order valence-corrected chi connectivity index (χ1v) is 5.33. The summed E-state index contributed by atoms with van der Waals surface area (Å²) in [5.41, 5.74) is 2.92. The van der Waals surface area contributed by atoms with Gasteiger partial charge in [0, 0.05) is 23.6 Å². The van der Waals surface area contributed by atoms with E-state index in [1.54, 1.807) is 0 Å². The van der Waals surface area contributed by atoms with Crippen molar-refractivity contribution in [3.63, 3.8) is 0 Å². The van der Waals surface area contributed by atoms with Gasteiger partial charge in [0.25, 0.3) is 0 Å². The van der Waals surface area contributed by atoms with E-state index in [1.165, 1.54) is 13.8 Å². The summed E-state index contributed by atoms with van der Waals surface area (Å²) in [6.07, 6.45) is -4.68. The number of halogens is 5. The van der Waals surface area contributed by atoms with Crippen LogP contribution < -0.4 is 5.73 Å². The summed E-state index contributed by atoms with van der Waals surface area (Å²) in [5, 5.41) is 9.13. The van der Waals surface area contributed by atoms with Crippen LogP contribution in [0.3, 0.4) is 0 Å². The van der Waals surface area contributed by atoms with Crippen LogP contribution in [0.25, 0.3) is 0 Å². The van der Waals surface area contributed by atoms with Gasteiger partial charge in [0.05, 0.1) is 5.56 Å². The van der Waals surface area contributed by atoms with Gasteiger partial charge in [-0.05, 0) is 12.1 Å². The summed E-state index contributed by atoms with van der Waals surface area (Å²) >= 11 is 0. The molecular weight excluding hydrogens is 286 g/mol. The van der Waals surface area contributed by atoms with E-state index in [1.807, 2.05) is 0 Å². The van der Waals surface area contributed by atoms with Crippen LogP contribution in [0.1, 0.15) is 31.0 Å².